The number of nitrogens with one attached hydrogen (secondary N) is 1. The van der Waals surface area contributed by atoms with Crippen LogP contribution in [-0.2, 0) is 6.18 Å². The molecule has 0 spiro atoms. The number of benzene rings is 1. The van der Waals surface area contributed by atoms with Gasteiger partial charge in [0.1, 0.15) is 12.0 Å². The van der Waals surface area contributed by atoms with Crippen LogP contribution in [0.2, 0.25) is 0 Å². The maximum Gasteiger partial charge on any atom is 0.419 e. The SMILES string of the molecule is Cc1nnc(N2CCC(N=C3NN4CCC(C)(C)C(c5ccc(F)c(C(F)(F)F)c5)C4N3C)CC2)o1. The fourth-order valence-electron chi connectivity index (χ4n) is 5.64. The van der Waals surface area contributed by atoms with Crippen LogP contribution in [0.5, 0.6) is 0 Å². The third kappa shape index (κ3) is 4.51. The van der Waals surface area contributed by atoms with Crippen molar-refractivity contribution in [1.82, 2.24) is 25.5 Å². The summed E-state index contributed by atoms with van der Waals surface area (Å²) < 4.78 is 60.0. The number of likely N-dealkylation sites (N-methyl/N-ethyl adjacent to an activating group) is 1. The first-order valence-electron chi connectivity index (χ1n) is 12.2. The number of aromatic nitrogens is 2. The molecule has 196 valence electrons. The Balaban J connectivity index is 1.37. The van der Waals surface area contributed by atoms with Crippen LogP contribution in [0.25, 0.3) is 0 Å². The first-order chi connectivity index (χ1) is 16.9. The van der Waals surface area contributed by atoms with Crippen LogP contribution in [0.3, 0.4) is 0 Å². The lowest BCUT2D eigenvalue weighted by Crippen LogP contribution is -2.54. The number of alkyl halides is 3. The molecule has 2 atom stereocenters. The highest BCUT2D eigenvalue weighted by atomic mass is 19.4. The van der Waals surface area contributed by atoms with E-state index >= 15 is 0 Å². The van der Waals surface area contributed by atoms with Gasteiger partial charge in [0.2, 0.25) is 11.9 Å². The Kier molecular flexibility index (Phi) is 6.12. The van der Waals surface area contributed by atoms with Crippen molar-refractivity contribution in [3.8, 4) is 0 Å². The van der Waals surface area contributed by atoms with Crippen LogP contribution in [-0.4, -0.2) is 65.0 Å². The topological polar surface area (TPSA) is 73.0 Å². The Labute approximate surface area is 207 Å². The number of guanidine groups is 1. The summed E-state index contributed by atoms with van der Waals surface area (Å²) in [6.45, 7) is 8.08. The highest BCUT2D eigenvalue weighted by Gasteiger charge is 2.50. The van der Waals surface area contributed by atoms with Crippen LogP contribution < -0.4 is 10.3 Å². The quantitative estimate of drug-likeness (QED) is 0.624. The first kappa shape index (κ1) is 24.8. The molecule has 8 nitrogen and oxygen atoms in total. The predicted octanol–water partition coefficient (Wildman–Crippen LogP) is 4.15. The number of aryl methyl sites for hydroxylation is 1. The summed E-state index contributed by atoms with van der Waals surface area (Å²) in [6, 6.07) is 4.00. The van der Waals surface area contributed by atoms with Crippen LogP contribution in [0.4, 0.5) is 23.6 Å². The van der Waals surface area contributed by atoms with Gasteiger partial charge in [-0.05, 0) is 42.4 Å². The van der Waals surface area contributed by atoms with Crippen molar-refractivity contribution in [3.05, 3.63) is 41.0 Å². The van der Waals surface area contributed by atoms with Crippen molar-refractivity contribution in [2.75, 3.05) is 31.6 Å². The van der Waals surface area contributed by atoms with E-state index < -0.39 is 17.6 Å². The minimum atomic E-state index is -4.75. The smallest absolute Gasteiger partial charge is 0.408 e. The molecule has 1 N–H and O–H groups in total. The van der Waals surface area contributed by atoms with E-state index in [0.29, 0.717) is 23.4 Å². The van der Waals surface area contributed by atoms with Gasteiger partial charge in [-0.25, -0.2) is 9.38 Å². The summed E-state index contributed by atoms with van der Waals surface area (Å²) in [6.07, 6.45) is -2.61. The Morgan fingerprint density at radius 3 is 2.50 bits per heavy atom. The second kappa shape index (κ2) is 8.89. The van der Waals surface area contributed by atoms with Crippen LogP contribution in [0.1, 0.15) is 56.0 Å². The zero-order chi connectivity index (χ0) is 25.8. The van der Waals surface area contributed by atoms with Gasteiger partial charge in [0.25, 0.3) is 0 Å². The van der Waals surface area contributed by atoms with Crippen LogP contribution >= 0.6 is 0 Å². The summed E-state index contributed by atoms with van der Waals surface area (Å²) >= 11 is 0. The van der Waals surface area contributed by atoms with Gasteiger partial charge < -0.3 is 14.2 Å². The number of rotatable bonds is 3. The molecule has 1 aromatic carbocycles. The maximum absolute atomic E-state index is 14.0. The minimum Gasteiger partial charge on any atom is -0.408 e. The lowest BCUT2D eigenvalue weighted by molar-refractivity contribution is -0.140. The fourth-order valence-corrected chi connectivity index (χ4v) is 5.64. The lowest BCUT2D eigenvalue weighted by Gasteiger charge is -2.48. The number of piperidine rings is 2. The first-order valence-corrected chi connectivity index (χ1v) is 12.2. The molecule has 3 saturated heterocycles. The third-order valence-corrected chi connectivity index (χ3v) is 7.64. The number of hydrogen-bond donors (Lipinski definition) is 1. The number of fused-ring (bicyclic) bond motifs is 1. The van der Waals surface area contributed by atoms with Crippen molar-refractivity contribution in [1.29, 1.82) is 0 Å². The summed E-state index contributed by atoms with van der Waals surface area (Å²) in [7, 11) is 1.91. The summed E-state index contributed by atoms with van der Waals surface area (Å²) in [5, 5.41) is 10.0. The van der Waals surface area contributed by atoms with E-state index in [1.165, 1.54) is 6.07 Å². The zero-order valence-corrected chi connectivity index (χ0v) is 20.8. The van der Waals surface area contributed by atoms with Crippen molar-refractivity contribution < 1.29 is 22.0 Å². The molecule has 0 bridgehead atoms. The van der Waals surface area contributed by atoms with Gasteiger partial charge in [-0.3, -0.25) is 5.43 Å². The molecule has 2 unspecified atom stereocenters. The molecule has 5 rings (SSSR count). The number of hydrazine groups is 1. The van der Waals surface area contributed by atoms with Gasteiger partial charge in [-0.2, -0.15) is 18.2 Å². The average molecular weight is 510 g/mol. The second-order valence-electron chi connectivity index (χ2n) is 10.6. The minimum absolute atomic E-state index is 0.0886. The Morgan fingerprint density at radius 2 is 1.86 bits per heavy atom. The number of hydrogen-bond acceptors (Lipinski definition) is 6. The van der Waals surface area contributed by atoms with Crippen molar-refractivity contribution in [3.63, 3.8) is 0 Å². The number of anilines is 1. The highest BCUT2D eigenvalue weighted by molar-refractivity contribution is 5.81. The molecule has 3 aliphatic rings. The number of nitrogens with zero attached hydrogens (tertiary/aromatic N) is 6. The highest BCUT2D eigenvalue weighted by Crippen LogP contribution is 2.48. The summed E-state index contributed by atoms with van der Waals surface area (Å²) in [5.74, 6) is -0.311. The van der Waals surface area contributed by atoms with E-state index in [1.54, 1.807) is 6.92 Å². The molecule has 2 aromatic rings. The Morgan fingerprint density at radius 1 is 1.14 bits per heavy atom. The van der Waals surface area contributed by atoms with Gasteiger partial charge in [-0.15, -0.1) is 5.10 Å². The van der Waals surface area contributed by atoms with E-state index in [-0.39, 0.29) is 23.5 Å². The van der Waals surface area contributed by atoms with Gasteiger partial charge in [0.15, 0.2) is 0 Å². The zero-order valence-electron chi connectivity index (χ0n) is 20.8. The van der Waals surface area contributed by atoms with Gasteiger partial charge in [0, 0.05) is 39.5 Å². The monoisotopic (exact) mass is 509 g/mol. The average Bonchev–Trinajstić information content (AvgIpc) is 3.37. The van der Waals surface area contributed by atoms with Gasteiger partial charge in [0.05, 0.1) is 11.6 Å². The molecule has 12 heteroatoms. The van der Waals surface area contributed by atoms with Gasteiger partial charge >= 0.3 is 12.2 Å². The summed E-state index contributed by atoms with van der Waals surface area (Å²) in [4.78, 5) is 9.04. The van der Waals surface area contributed by atoms with Crippen molar-refractivity contribution in [2.45, 2.75) is 64.3 Å². The number of aliphatic imine (C=N–C) groups is 1. The second-order valence-corrected chi connectivity index (χ2v) is 10.6. The van der Waals surface area contributed by atoms with E-state index in [9.17, 15) is 17.6 Å². The van der Waals surface area contributed by atoms with E-state index in [2.05, 4.69) is 34.4 Å². The molecule has 0 aliphatic carbocycles. The van der Waals surface area contributed by atoms with Crippen LogP contribution in [0, 0.1) is 18.2 Å². The predicted molar refractivity (Wildman–Crippen MR) is 126 cm³/mol. The van der Waals surface area contributed by atoms with E-state index in [4.69, 9.17) is 9.41 Å². The largest absolute Gasteiger partial charge is 0.419 e. The Bertz CT molecular complexity index is 1140. The number of halogens is 4. The molecule has 3 fully saturated rings. The molecule has 36 heavy (non-hydrogen) atoms. The van der Waals surface area contributed by atoms with Gasteiger partial charge in [-0.1, -0.05) is 25.0 Å². The molecular formula is C24H31F4N7O. The summed E-state index contributed by atoms with van der Waals surface area (Å²) in [5.41, 5.74) is 2.33. The molecule has 0 radical (unpaired) electrons. The Hall–Kier alpha value is -2.89. The molecule has 0 saturated carbocycles. The molecular weight excluding hydrogens is 478 g/mol. The molecule has 0 amide bonds. The molecule has 4 heterocycles. The third-order valence-electron chi connectivity index (χ3n) is 7.64. The molecule has 1 aromatic heterocycles. The standard InChI is InChI=1S/C24H31F4N7O/c1-14-30-31-22(36-14)34-10-7-16(8-11-34)29-21-32-35-12-9-23(2,3)19(20(35)33(21)4)15-5-6-18(25)17(13-15)24(26,27)28/h5-6,13,16,19-20H,7-12H2,1-4H3,(H,29,32). The fraction of sp³-hybridized carbons (Fsp3) is 0.625. The molecule has 3 aliphatic heterocycles. The van der Waals surface area contributed by atoms with Crippen molar-refractivity contribution in [2.24, 2.45) is 10.4 Å². The maximum atomic E-state index is 14.0. The van der Waals surface area contributed by atoms with E-state index in [0.717, 1.165) is 51.0 Å². The lowest BCUT2D eigenvalue weighted by atomic mass is 9.68. The van der Waals surface area contributed by atoms with Crippen LogP contribution in [0.15, 0.2) is 27.6 Å². The van der Waals surface area contributed by atoms with Crippen molar-refractivity contribution >= 4 is 12.0 Å². The normalized spacial score (nSPS) is 26.4. The van der Waals surface area contributed by atoms with E-state index in [1.807, 2.05) is 17.0 Å².